The van der Waals surface area contributed by atoms with E-state index in [1.807, 2.05) is 25.3 Å². The van der Waals surface area contributed by atoms with Crippen LogP contribution in [0.4, 0.5) is 0 Å². The van der Waals surface area contributed by atoms with Crippen molar-refractivity contribution in [2.75, 3.05) is 6.61 Å². The molecule has 0 radical (unpaired) electrons. The van der Waals surface area contributed by atoms with Crippen LogP contribution in [-0.2, 0) is 0 Å². The molecule has 1 unspecified atom stereocenters. The Morgan fingerprint density at radius 1 is 1.45 bits per heavy atom. The van der Waals surface area contributed by atoms with Gasteiger partial charge < -0.3 is 9.84 Å². The van der Waals surface area contributed by atoms with Crippen LogP contribution < -0.4 is 4.74 Å². The van der Waals surface area contributed by atoms with Crippen LogP contribution in [0.5, 0.6) is 5.75 Å². The lowest BCUT2D eigenvalue weighted by molar-refractivity contribution is -0.0319. The summed E-state index contributed by atoms with van der Waals surface area (Å²) in [5, 5.41) is 11.3. The number of aliphatic hydroxyl groups is 1. The van der Waals surface area contributed by atoms with Crippen molar-refractivity contribution in [2.45, 2.75) is 49.9 Å². The minimum atomic E-state index is -0.554. The van der Waals surface area contributed by atoms with E-state index in [1.54, 1.807) is 6.20 Å². The Hall–Kier alpha value is -1.33. The van der Waals surface area contributed by atoms with E-state index in [4.69, 9.17) is 4.74 Å². The van der Waals surface area contributed by atoms with Gasteiger partial charge in [0.05, 0.1) is 29.6 Å². The van der Waals surface area contributed by atoms with Crippen LogP contribution in [0.15, 0.2) is 24.5 Å². The molecule has 1 aliphatic rings. The van der Waals surface area contributed by atoms with Gasteiger partial charge in [-0.05, 0) is 38.3 Å². The molecule has 1 atom stereocenters. The predicted molar refractivity (Wildman–Crippen MR) is 90.7 cm³/mol. The molecule has 1 aliphatic carbocycles. The largest absolute Gasteiger partial charge is 0.492 e. The van der Waals surface area contributed by atoms with Gasteiger partial charge in [0.15, 0.2) is 0 Å². The molecule has 22 heavy (non-hydrogen) atoms. The van der Waals surface area contributed by atoms with Crippen LogP contribution >= 0.6 is 12.6 Å². The lowest BCUT2D eigenvalue weighted by Crippen LogP contribution is -2.39. The summed E-state index contributed by atoms with van der Waals surface area (Å²) in [5.41, 5.74) is 1.35. The highest BCUT2D eigenvalue weighted by molar-refractivity contribution is 7.80. The topological polar surface area (TPSA) is 55.2 Å². The number of fused-ring (bicyclic) bond motifs is 1. The molecule has 2 heterocycles. The maximum Gasteiger partial charge on any atom is 0.138 e. The van der Waals surface area contributed by atoms with Crippen molar-refractivity contribution < 1.29 is 9.84 Å². The fourth-order valence-electron chi connectivity index (χ4n) is 2.98. The molecule has 0 saturated heterocycles. The molecule has 0 spiro atoms. The van der Waals surface area contributed by atoms with Crippen molar-refractivity contribution in [3.8, 4) is 5.75 Å². The summed E-state index contributed by atoms with van der Waals surface area (Å²) in [6.45, 7) is 4.56. The van der Waals surface area contributed by atoms with Crippen molar-refractivity contribution in [1.29, 1.82) is 0 Å². The molecule has 118 valence electrons. The molecule has 4 nitrogen and oxygen atoms in total. The third-order valence-electron chi connectivity index (χ3n) is 4.17. The molecule has 1 saturated carbocycles. The van der Waals surface area contributed by atoms with E-state index < -0.39 is 5.60 Å². The molecule has 0 aromatic carbocycles. The number of pyridine rings is 2. The Bertz CT molecular complexity index is 665. The first kappa shape index (κ1) is 15.6. The van der Waals surface area contributed by atoms with Crippen LogP contribution in [0.25, 0.3) is 10.9 Å². The van der Waals surface area contributed by atoms with Crippen molar-refractivity contribution in [3.63, 3.8) is 0 Å². The second kappa shape index (κ2) is 6.05. The zero-order valence-electron chi connectivity index (χ0n) is 13.0. The molecule has 0 amide bonds. The summed E-state index contributed by atoms with van der Waals surface area (Å²) in [7, 11) is 0. The van der Waals surface area contributed by atoms with Gasteiger partial charge in [-0.15, -0.1) is 0 Å². The van der Waals surface area contributed by atoms with Crippen molar-refractivity contribution in [2.24, 2.45) is 0 Å². The smallest absolute Gasteiger partial charge is 0.138 e. The first-order chi connectivity index (χ1) is 10.4. The highest BCUT2D eigenvalue weighted by atomic mass is 32.1. The van der Waals surface area contributed by atoms with Crippen molar-refractivity contribution >= 4 is 23.5 Å². The maximum absolute atomic E-state index is 9.93. The normalized spacial score (nSPS) is 25.7. The summed E-state index contributed by atoms with van der Waals surface area (Å²) in [5.74, 6) is 1.07. The Labute approximate surface area is 136 Å². The van der Waals surface area contributed by atoms with Crippen LogP contribution in [-0.4, -0.2) is 32.5 Å². The number of hydrogen-bond acceptors (Lipinski definition) is 5. The fraction of sp³-hybridized carbons (Fsp3) is 0.529. The molecule has 0 aliphatic heterocycles. The van der Waals surface area contributed by atoms with Gasteiger partial charge in [-0.3, -0.25) is 9.97 Å². The molecular weight excluding hydrogens is 296 g/mol. The quantitative estimate of drug-likeness (QED) is 0.830. The summed E-state index contributed by atoms with van der Waals surface area (Å²) >= 11 is 4.35. The van der Waals surface area contributed by atoms with E-state index in [-0.39, 0.29) is 0 Å². The summed E-state index contributed by atoms with van der Waals surface area (Å²) in [6, 6.07) is 3.96. The zero-order valence-corrected chi connectivity index (χ0v) is 13.9. The molecule has 5 heteroatoms. The zero-order chi connectivity index (χ0) is 15.7. The first-order valence-electron chi connectivity index (χ1n) is 7.72. The Morgan fingerprint density at radius 3 is 2.91 bits per heavy atom. The van der Waals surface area contributed by atoms with E-state index in [1.165, 1.54) is 0 Å². The second-order valence-electron chi connectivity index (χ2n) is 6.53. The Morgan fingerprint density at radius 2 is 2.23 bits per heavy atom. The van der Waals surface area contributed by atoms with E-state index >= 15 is 0 Å². The van der Waals surface area contributed by atoms with Gasteiger partial charge >= 0.3 is 0 Å². The summed E-state index contributed by atoms with van der Waals surface area (Å²) in [4.78, 5) is 9.03. The van der Waals surface area contributed by atoms with Gasteiger partial charge in [0, 0.05) is 22.8 Å². The van der Waals surface area contributed by atoms with Gasteiger partial charge in [0.1, 0.15) is 5.75 Å². The molecule has 3 rings (SSSR count). The second-order valence-corrected chi connectivity index (χ2v) is 7.41. The van der Waals surface area contributed by atoms with Gasteiger partial charge in [-0.2, -0.15) is 12.6 Å². The molecule has 0 bridgehead atoms. The van der Waals surface area contributed by atoms with E-state index in [0.717, 1.165) is 41.6 Å². The summed E-state index contributed by atoms with van der Waals surface area (Å²) in [6.07, 6.45) is 5.97. The Balaban J connectivity index is 1.79. The molecule has 2 aromatic heterocycles. The number of ether oxygens (including phenoxy) is 1. The van der Waals surface area contributed by atoms with Crippen LogP contribution in [0.1, 0.15) is 44.7 Å². The van der Waals surface area contributed by atoms with Crippen molar-refractivity contribution in [3.05, 3.63) is 30.2 Å². The highest BCUT2D eigenvalue weighted by Crippen LogP contribution is 2.45. The van der Waals surface area contributed by atoms with Gasteiger partial charge in [-0.25, -0.2) is 0 Å². The SMILES string of the molecule is CC(S)CCOc1cnc2c(C3CC(C)(O)C3)nccc2c1. The number of thiol groups is 1. The minimum Gasteiger partial charge on any atom is -0.492 e. The third kappa shape index (κ3) is 3.36. The number of nitrogens with zero attached hydrogens (tertiary/aromatic N) is 2. The van der Waals surface area contributed by atoms with Crippen molar-refractivity contribution in [1.82, 2.24) is 9.97 Å². The van der Waals surface area contributed by atoms with Crippen LogP contribution in [0, 0.1) is 0 Å². The van der Waals surface area contributed by atoms with E-state index in [0.29, 0.717) is 17.8 Å². The van der Waals surface area contributed by atoms with Gasteiger partial charge in [0.25, 0.3) is 0 Å². The monoisotopic (exact) mass is 318 g/mol. The highest BCUT2D eigenvalue weighted by Gasteiger charge is 2.40. The van der Waals surface area contributed by atoms with Gasteiger partial charge in [0.2, 0.25) is 0 Å². The molecular formula is C17H22N2O2S. The van der Waals surface area contributed by atoms with E-state index in [9.17, 15) is 5.11 Å². The average Bonchev–Trinajstić information content (AvgIpc) is 2.43. The summed E-state index contributed by atoms with van der Waals surface area (Å²) < 4.78 is 5.73. The van der Waals surface area contributed by atoms with Crippen LogP contribution in [0.2, 0.25) is 0 Å². The lowest BCUT2D eigenvalue weighted by atomic mass is 9.70. The van der Waals surface area contributed by atoms with Gasteiger partial charge in [-0.1, -0.05) is 6.92 Å². The number of rotatable bonds is 5. The number of hydrogen-bond donors (Lipinski definition) is 2. The predicted octanol–water partition coefficient (Wildman–Crippen LogP) is 3.35. The standard InChI is InChI=1S/C17H22N2O2S/c1-11(22)4-6-21-14-7-12-3-5-18-16(15(12)19-10-14)13-8-17(2,20)9-13/h3,5,7,10-11,13,20,22H,4,6,8-9H2,1-2H3. The fourth-order valence-corrected chi connectivity index (χ4v) is 3.09. The minimum absolute atomic E-state index is 0.294. The first-order valence-corrected chi connectivity index (χ1v) is 8.24. The third-order valence-corrected chi connectivity index (χ3v) is 4.42. The average molecular weight is 318 g/mol. The molecule has 2 aromatic rings. The maximum atomic E-state index is 9.93. The number of aromatic nitrogens is 2. The van der Waals surface area contributed by atoms with E-state index in [2.05, 4.69) is 29.5 Å². The van der Waals surface area contributed by atoms with Crippen LogP contribution in [0.3, 0.4) is 0 Å². The lowest BCUT2D eigenvalue weighted by Gasteiger charge is -2.40. The molecule has 1 fully saturated rings. The Kier molecular flexibility index (Phi) is 4.28. The molecule has 1 N–H and O–H groups in total.